The van der Waals surface area contributed by atoms with Crippen LogP contribution >= 0.6 is 45.3 Å². The zero-order valence-electron chi connectivity index (χ0n) is 63.5. The van der Waals surface area contributed by atoms with Crippen LogP contribution in [0.25, 0.3) is 40.9 Å². The van der Waals surface area contributed by atoms with Gasteiger partial charge in [-0.3, -0.25) is 9.80 Å². The van der Waals surface area contributed by atoms with Gasteiger partial charge < -0.3 is 34.1 Å². The predicted octanol–water partition coefficient (Wildman–Crippen LogP) is 17.1. The number of anilines is 4. The van der Waals surface area contributed by atoms with Crippen molar-refractivity contribution >= 4 is 109 Å². The van der Waals surface area contributed by atoms with Crippen molar-refractivity contribution in [1.29, 1.82) is 0 Å². The van der Waals surface area contributed by atoms with E-state index in [2.05, 4.69) is 131 Å². The Bertz CT molecular complexity index is 4630. The third-order valence-electron chi connectivity index (χ3n) is 24.0. The lowest BCUT2D eigenvalue weighted by Crippen LogP contribution is -2.62. The van der Waals surface area contributed by atoms with Gasteiger partial charge in [0, 0.05) is 157 Å². The summed E-state index contributed by atoms with van der Waals surface area (Å²) in [5.74, 6) is 4.52. The molecule has 1 atom stereocenters. The van der Waals surface area contributed by atoms with Gasteiger partial charge in [-0.15, -0.1) is 45.3 Å². The molecule has 0 aliphatic carbocycles. The molecule has 18 rings (SSSR count). The monoisotopic (exact) mass is 1640 g/mol. The van der Waals surface area contributed by atoms with E-state index in [0.29, 0.717) is 78.4 Å². The van der Waals surface area contributed by atoms with E-state index in [9.17, 15) is 52.7 Å². The summed E-state index contributed by atoms with van der Waals surface area (Å²) in [7, 11) is 0. The minimum atomic E-state index is -4.21. The zero-order valence-corrected chi connectivity index (χ0v) is 66.8. The van der Waals surface area contributed by atoms with Gasteiger partial charge in [0.15, 0.2) is 0 Å². The van der Waals surface area contributed by atoms with Crippen molar-refractivity contribution in [3.05, 3.63) is 105 Å². The summed E-state index contributed by atoms with van der Waals surface area (Å²) in [6.45, 7) is 30.5. The fourth-order valence-electron chi connectivity index (χ4n) is 18.5. The summed E-state index contributed by atoms with van der Waals surface area (Å²) in [5.41, 5.74) is 2.96. The lowest BCUT2D eigenvalue weighted by Gasteiger charge is -2.55. The molecule has 0 saturated carbocycles. The van der Waals surface area contributed by atoms with Crippen LogP contribution in [0.15, 0.2) is 79.9 Å². The van der Waals surface area contributed by atoms with Crippen LogP contribution in [0.1, 0.15) is 111 Å². The van der Waals surface area contributed by atoms with Gasteiger partial charge in [0.05, 0.1) is 53.8 Å². The molecule has 9 saturated heterocycles. The average Bonchev–Trinajstić information content (AvgIpc) is 1.45. The number of fused-ring (bicyclic) bond motifs is 4. The molecule has 1 aromatic carbocycles. The summed E-state index contributed by atoms with van der Waals surface area (Å²) in [6.07, 6.45) is -4.49. The van der Waals surface area contributed by atoms with Crippen LogP contribution in [-0.2, 0) is 37.0 Å². The summed E-state index contributed by atoms with van der Waals surface area (Å²) in [6, 6.07) is 17.6. The molecule has 0 N–H and O–H groups in total. The molecule has 0 radical (unpaired) electrons. The van der Waals surface area contributed by atoms with Gasteiger partial charge in [-0.2, -0.15) is 52.7 Å². The van der Waals surface area contributed by atoms with E-state index in [4.69, 9.17) is 4.74 Å². The molecule has 606 valence electrons. The second-order valence-electron chi connectivity index (χ2n) is 33.7. The van der Waals surface area contributed by atoms with E-state index in [1.54, 1.807) is 24.3 Å². The van der Waals surface area contributed by atoms with Crippen molar-refractivity contribution in [3.8, 4) is 0 Å². The molecule has 1 unspecified atom stereocenters. The predicted molar refractivity (Wildman–Crippen MR) is 419 cm³/mol. The Hall–Kier alpha value is -6.46. The molecule has 33 heteroatoms. The van der Waals surface area contributed by atoms with Crippen molar-refractivity contribution in [2.75, 3.05) is 151 Å². The van der Waals surface area contributed by atoms with Gasteiger partial charge in [-0.1, -0.05) is 44.2 Å². The molecule has 0 amide bonds. The van der Waals surface area contributed by atoms with Gasteiger partial charge in [0.1, 0.15) is 67.9 Å². The highest BCUT2D eigenvalue weighted by Crippen LogP contribution is 2.49. The van der Waals surface area contributed by atoms with Crippen molar-refractivity contribution in [3.63, 3.8) is 0 Å². The Morgan fingerprint density at radius 1 is 0.411 bits per heavy atom. The van der Waals surface area contributed by atoms with Crippen molar-refractivity contribution in [1.82, 2.24) is 59.5 Å². The second-order valence-corrected chi connectivity index (χ2v) is 38.2. The summed E-state index contributed by atoms with van der Waals surface area (Å²) in [5, 5.41) is 3.01. The quantitative estimate of drug-likeness (QED) is 0.0899. The third kappa shape index (κ3) is 19.5. The molecular formula is C79H96F12N16OS4. The Labute approximate surface area is 660 Å². The van der Waals surface area contributed by atoms with E-state index in [1.165, 1.54) is 50.4 Å². The fourth-order valence-corrected chi connectivity index (χ4v) is 22.5. The molecule has 17 nitrogen and oxygen atoms in total. The first-order chi connectivity index (χ1) is 53.3. The van der Waals surface area contributed by atoms with Crippen molar-refractivity contribution in [2.45, 2.75) is 148 Å². The van der Waals surface area contributed by atoms with Crippen LogP contribution in [0.3, 0.4) is 0 Å². The highest BCUT2D eigenvalue weighted by atomic mass is 32.1. The first-order valence-corrected chi connectivity index (χ1v) is 42.3. The number of nitrogens with zero attached hydrogens (tertiary/aromatic N) is 16. The molecule has 17 heterocycles. The van der Waals surface area contributed by atoms with Crippen LogP contribution in [0, 0.1) is 33.5 Å². The number of hydrogen-bond donors (Lipinski definition) is 0. The van der Waals surface area contributed by atoms with Crippen LogP contribution in [0.5, 0.6) is 0 Å². The molecular weight excluding hydrogens is 1550 g/mol. The number of likely N-dealkylation sites (tertiary alicyclic amines) is 4. The fraction of sp³-hybridized carbons (Fsp3) is 0.620. The summed E-state index contributed by atoms with van der Waals surface area (Å²) in [4.78, 5) is 57.2. The number of hydrogen-bond acceptors (Lipinski definition) is 21. The zero-order chi connectivity index (χ0) is 78.6. The molecule has 9 aromatic rings. The highest BCUT2D eigenvalue weighted by molar-refractivity contribution is 7.19. The van der Waals surface area contributed by atoms with Gasteiger partial charge in [-0.25, -0.2) is 39.9 Å². The van der Waals surface area contributed by atoms with Crippen molar-refractivity contribution < 1.29 is 57.4 Å². The minimum Gasteiger partial charge on any atom is -0.381 e. The molecule has 8 aromatic heterocycles. The van der Waals surface area contributed by atoms with Gasteiger partial charge in [0.25, 0.3) is 0 Å². The smallest absolute Gasteiger partial charge is 0.381 e. The molecule has 9 aliphatic heterocycles. The van der Waals surface area contributed by atoms with Crippen molar-refractivity contribution in [2.24, 2.45) is 33.5 Å². The number of aromatic nitrogens is 8. The Morgan fingerprint density at radius 2 is 0.723 bits per heavy atom. The maximum atomic E-state index is 12.8. The van der Waals surface area contributed by atoms with Gasteiger partial charge >= 0.3 is 24.7 Å². The number of alkyl halides is 12. The van der Waals surface area contributed by atoms with E-state index in [-0.39, 0.29) is 0 Å². The highest BCUT2D eigenvalue weighted by Gasteiger charge is 2.50. The summed E-state index contributed by atoms with van der Waals surface area (Å²) < 4.78 is 158. The number of ether oxygens (including phenoxy) is 1. The minimum absolute atomic E-state index is 0.295. The molecule has 0 bridgehead atoms. The maximum absolute atomic E-state index is 12.8. The lowest BCUT2D eigenvalue weighted by molar-refractivity contribution is -0.127. The molecule has 4 spiro atoms. The first kappa shape index (κ1) is 80.7. The summed E-state index contributed by atoms with van der Waals surface area (Å²) >= 11 is 4.47. The Kier molecular flexibility index (Phi) is 23.5. The topological polar surface area (TPSA) is 138 Å². The van der Waals surface area contributed by atoms with E-state index in [0.717, 1.165) is 266 Å². The normalized spacial score (nSPS) is 21.5. The second kappa shape index (κ2) is 32.6. The van der Waals surface area contributed by atoms with Crippen LogP contribution < -0.4 is 19.6 Å². The number of rotatable bonds is 15. The third-order valence-corrected chi connectivity index (χ3v) is 28.2. The number of benzene rings is 1. The maximum Gasteiger partial charge on any atom is 0.393 e. The van der Waals surface area contributed by atoms with E-state index in [1.807, 2.05) is 6.07 Å². The molecule has 9 aliphatic rings. The lowest BCUT2D eigenvalue weighted by atomic mass is 9.71. The number of halogens is 12. The standard InChI is InChI=1S/C22H23F3N4S.C20H25F3N4OS.C19H25F3N4S.C18H23F3N4S/c23-22(24,25)11-17-10-18-19(26-15-27-20(18)30-17)29-8-6-21(7-9-29)13-28(14-21)12-16-4-2-1-3-5-16;21-20(22,23)8-15-7-16-17(24-13-25-18(16)29-15)27-4-2-19(3-5-27)11-26(12-19)9-14-1-6-28-10-14;1-13(2)9-25-10-18(11-25)3-5-26(6-4-18)16-15-7-14(8-19(20,21)22)27-17(15)24-12-23-16;1-12(2)25-9-17(10-25)3-5-24(6-4-17)15-14-7-13(8-18(19,20)21)26-16(14)23-11-22-15/h1-5,10,15H,6-9,11-14H2;7,13-14H,1-6,8-12H2;7,12-13H,3-6,8-11H2,1-2H3;7,11-12H,3-6,8-10H2,1-2H3. The SMILES string of the molecule is CC(C)CN1CC2(CCN(c3ncnc4sc(CC(F)(F)F)cc34)CC2)C1.CC(C)N1CC2(CCN(c3ncnc4sc(CC(F)(F)F)cc34)CC2)C1.FC(F)(F)Cc1cc2c(N3CCC4(CC3)CN(CC3CCOC3)C4)ncnc2s1.FC(F)(F)Cc1cc2c(N3CCC4(CC3)CN(Cc3ccccc3)C4)ncnc2s1. The van der Waals surface area contributed by atoms with Gasteiger partial charge in [0.2, 0.25) is 0 Å². The van der Waals surface area contributed by atoms with Gasteiger partial charge in [-0.05, 0) is 135 Å². The number of thiophene rings is 4. The first-order valence-electron chi connectivity index (χ1n) is 39.0. The van der Waals surface area contributed by atoms with E-state index < -0.39 is 50.4 Å². The van der Waals surface area contributed by atoms with Crippen LogP contribution in [0.4, 0.5) is 76.0 Å². The van der Waals surface area contributed by atoms with E-state index >= 15 is 0 Å². The van der Waals surface area contributed by atoms with Crippen LogP contribution in [-0.4, -0.2) is 221 Å². The Balaban J connectivity index is 0.000000118. The van der Waals surface area contributed by atoms with Crippen LogP contribution in [0.2, 0.25) is 0 Å². The molecule has 112 heavy (non-hydrogen) atoms. The largest absolute Gasteiger partial charge is 0.393 e. The number of piperidine rings is 4. The average molecular weight is 1640 g/mol. The molecule has 9 fully saturated rings. The Morgan fingerprint density at radius 3 is 1.02 bits per heavy atom.